The van der Waals surface area contributed by atoms with E-state index in [-0.39, 0.29) is 0 Å². The molecule has 0 saturated heterocycles. The van der Waals surface area contributed by atoms with Crippen LogP contribution < -0.4 is 4.72 Å². The van der Waals surface area contributed by atoms with Gasteiger partial charge in [-0.15, -0.1) is 0 Å². The van der Waals surface area contributed by atoms with Crippen LogP contribution in [0.4, 0.5) is 32.0 Å². The minimum Gasteiger partial charge on any atom is -0.274 e. The van der Waals surface area contributed by atoms with Crippen LogP contribution >= 0.6 is 0 Å². The summed E-state index contributed by atoms with van der Waals surface area (Å²) in [5.74, 6) is -12.5. The van der Waals surface area contributed by atoms with Crippen molar-refractivity contribution in [3.8, 4) is 0 Å². The summed E-state index contributed by atoms with van der Waals surface area (Å²) < 4.78 is 103. The number of hydrogen-bond acceptors (Lipinski definition) is 2. The van der Waals surface area contributed by atoms with Crippen molar-refractivity contribution in [2.45, 2.75) is 4.90 Å². The molecule has 0 radical (unpaired) electrons. The molecule has 0 bridgehead atoms. The summed E-state index contributed by atoms with van der Waals surface area (Å²) in [5, 5.41) is 0. The summed E-state index contributed by atoms with van der Waals surface area (Å²) in [7, 11) is -4.67. The predicted molar refractivity (Wildman–Crippen MR) is 63.4 cm³/mol. The van der Waals surface area contributed by atoms with E-state index < -0.39 is 55.5 Å². The van der Waals surface area contributed by atoms with Crippen molar-refractivity contribution in [1.82, 2.24) is 0 Å². The van der Waals surface area contributed by atoms with Crippen molar-refractivity contribution in [3.05, 3.63) is 59.2 Å². The Morgan fingerprint density at radius 1 is 0.682 bits per heavy atom. The van der Waals surface area contributed by atoms with Gasteiger partial charge in [-0.2, -0.15) is 0 Å². The molecule has 10 heteroatoms. The maximum Gasteiger partial charge on any atom is 0.262 e. The third kappa shape index (κ3) is 2.73. The van der Waals surface area contributed by atoms with Crippen LogP contribution in [0, 0.1) is 34.9 Å². The fourth-order valence-electron chi connectivity index (χ4n) is 1.50. The summed E-state index contributed by atoms with van der Waals surface area (Å²) in [6, 6.07) is 2.99. The molecule has 0 amide bonds. The highest BCUT2D eigenvalue weighted by Crippen LogP contribution is 2.29. The molecule has 118 valence electrons. The average Bonchev–Trinajstić information content (AvgIpc) is 2.48. The quantitative estimate of drug-likeness (QED) is 0.529. The zero-order valence-electron chi connectivity index (χ0n) is 10.3. The number of halogens is 6. The minimum absolute atomic E-state index is 0.627. The summed E-state index contributed by atoms with van der Waals surface area (Å²) in [4.78, 5) is -0.627. The molecule has 0 aliphatic rings. The van der Waals surface area contributed by atoms with E-state index in [1.807, 2.05) is 0 Å². The Morgan fingerprint density at radius 3 is 1.55 bits per heavy atom. The van der Waals surface area contributed by atoms with Gasteiger partial charge in [-0.25, -0.2) is 34.8 Å². The lowest BCUT2D eigenvalue weighted by Gasteiger charge is -2.11. The number of nitrogens with one attached hydrogen (secondary N) is 1. The standard InChI is InChI=1S/C12H5F6NO2S/c13-5-1-3-6(4-2-5)22(20,21)19-12-10(17)8(15)7(14)9(16)11(12)18/h1-4,19H. The Bertz CT molecular complexity index is 807. The molecule has 0 atom stereocenters. The van der Waals surface area contributed by atoms with E-state index in [4.69, 9.17) is 0 Å². The predicted octanol–water partition coefficient (Wildman–Crippen LogP) is 3.32. The molecule has 2 aromatic rings. The highest BCUT2D eigenvalue weighted by Gasteiger charge is 2.28. The van der Waals surface area contributed by atoms with Crippen molar-refractivity contribution >= 4 is 15.7 Å². The zero-order chi connectivity index (χ0) is 16.7. The molecule has 0 saturated carbocycles. The maximum atomic E-state index is 13.4. The molecule has 1 N–H and O–H groups in total. The first kappa shape index (κ1) is 16.1. The first-order valence-corrected chi connectivity index (χ1v) is 6.93. The molecule has 2 rings (SSSR count). The highest BCUT2D eigenvalue weighted by molar-refractivity contribution is 7.92. The minimum atomic E-state index is -4.67. The van der Waals surface area contributed by atoms with E-state index in [2.05, 4.69) is 0 Å². The van der Waals surface area contributed by atoms with E-state index in [0.717, 1.165) is 24.3 Å². The molecular formula is C12H5F6NO2S. The van der Waals surface area contributed by atoms with Crippen LogP contribution in [0.3, 0.4) is 0 Å². The van der Waals surface area contributed by atoms with Crippen LogP contribution in [0.1, 0.15) is 0 Å². The van der Waals surface area contributed by atoms with Crippen molar-refractivity contribution in [1.29, 1.82) is 0 Å². The topological polar surface area (TPSA) is 46.2 Å². The first-order chi connectivity index (χ1) is 10.1. The van der Waals surface area contributed by atoms with Gasteiger partial charge in [0.25, 0.3) is 10.0 Å². The summed E-state index contributed by atoms with van der Waals surface area (Å²) in [6.07, 6.45) is 0. The van der Waals surface area contributed by atoms with Gasteiger partial charge in [-0.3, -0.25) is 4.72 Å². The monoisotopic (exact) mass is 341 g/mol. The molecule has 0 aliphatic heterocycles. The summed E-state index contributed by atoms with van der Waals surface area (Å²) >= 11 is 0. The molecule has 22 heavy (non-hydrogen) atoms. The smallest absolute Gasteiger partial charge is 0.262 e. The van der Waals surface area contributed by atoms with Gasteiger partial charge in [0.05, 0.1) is 4.90 Å². The zero-order valence-corrected chi connectivity index (χ0v) is 11.1. The number of hydrogen-bond donors (Lipinski definition) is 1. The average molecular weight is 341 g/mol. The SMILES string of the molecule is O=S(=O)(Nc1c(F)c(F)c(F)c(F)c1F)c1ccc(F)cc1. The molecule has 2 aromatic carbocycles. The van der Waals surface area contributed by atoms with Crippen LogP contribution in [0.2, 0.25) is 0 Å². The van der Waals surface area contributed by atoms with E-state index in [0.29, 0.717) is 0 Å². The Morgan fingerprint density at radius 2 is 1.09 bits per heavy atom. The second-order valence-electron chi connectivity index (χ2n) is 4.00. The number of sulfonamides is 1. The van der Waals surface area contributed by atoms with Crippen molar-refractivity contribution < 1.29 is 34.8 Å². The van der Waals surface area contributed by atoms with Crippen molar-refractivity contribution in [3.63, 3.8) is 0 Å². The van der Waals surface area contributed by atoms with E-state index in [1.165, 1.54) is 4.72 Å². The molecular weight excluding hydrogens is 336 g/mol. The highest BCUT2D eigenvalue weighted by atomic mass is 32.2. The Kier molecular flexibility index (Phi) is 4.05. The van der Waals surface area contributed by atoms with Gasteiger partial charge in [0.2, 0.25) is 5.82 Å². The Hall–Kier alpha value is -2.23. The molecule has 0 unspecified atom stereocenters. The second kappa shape index (κ2) is 5.52. The number of rotatable bonds is 3. The second-order valence-corrected chi connectivity index (χ2v) is 5.69. The molecule has 0 fully saturated rings. The van der Waals surface area contributed by atoms with Crippen LogP contribution in [0.25, 0.3) is 0 Å². The summed E-state index contributed by atoms with van der Waals surface area (Å²) in [6.45, 7) is 0. The molecule has 3 nitrogen and oxygen atoms in total. The van der Waals surface area contributed by atoms with E-state index in [1.54, 1.807) is 0 Å². The normalized spacial score (nSPS) is 11.5. The van der Waals surface area contributed by atoms with Crippen LogP contribution in [0.5, 0.6) is 0 Å². The fraction of sp³-hybridized carbons (Fsp3) is 0. The van der Waals surface area contributed by atoms with Crippen LogP contribution in [0.15, 0.2) is 29.2 Å². The first-order valence-electron chi connectivity index (χ1n) is 5.45. The van der Waals surface area contributed by atoms with Gasteiger partial charge in [-0.1, -0.05) is 0 Å². The third-order valence-corrected chi connectivity index (χ3v) is 3.94. The van der Waals surface area contributed by atoms with Gasteiger partial charge in [-0.05, 0) is 24.3 Å². The fourth-order valence-corrected chi connectivity index (χ4v) is 2.56. The molecule has 0 heterocycles. The lowest BCUT2D eigenvalue weighted by atomic mass is 10.2. The largest absolute Gasteiger partial charge is 0.274 e. The number of benzene rings is 2. The van der Waals surface area contributed by atoms with Crippen LogP contribution in [-0.2, 0) is 10.0 Å². The van der Waals surface area contributed by atoms with Gasteiger partial charge >= 0.3 is 0 Å². The lowest BCUT2D eigenvalue weighted by Crippen LogP contribution is -2.17. The Balaban J connectivity index is 2.53. The van der Waals surface area contributed by atoms with Gasteiger partial charge < -0.3 is 0 Å². The Labute approximate surface area is 120 Å². The van der Waals surface area contributed by atoms with E-state index >= 15 is 0 Å². The van der Waals surface area contributed by atoms with Gasteiger partial charge in [0.1, 0.15) is 11.5 Å². The van der Waals surface area contributed by atoms with Crippen LogP contribution in [-0.4, -0.2) is 8.42 Å². The van der Waals surface area contributed by atoms with Gasteiger partial charge in [0.15, 0.2) is 23.3 Å². The maximum absolute atomic E-state index is 13.4. The molecule has 0 aromatic heterocycles. The summed E-state index contributed by atoms with van der Waals surface area (Å²) in [5.41, 5.74) is -1.72. The van der Waals surface area contributed by atoms with E-state index in [9.17, 15) is 34.8 Å². The van der Waals surface area contributed by atoms with Crippen molar-refractivity contribution in [2.75, 3.05) is 4.72 Å². The molecule has 0 aliphatic carbocycles. The third-order valence-electron chi connectivity index (χ3n) is 2.57. The molecule has 0 spiro atoms. The number of anilines is 1. The van der Waals surface area contributed by atoms with Crippen molar-refractivity contribution in [2.24, 2.45) is 0 Å². The van der Waals surface area contributed by atoms with Gasteiger partial charge in [0, 0.05) is 0 Å². The lowest BCUT2D eigenvalue weighted by molar-refractivity contribution is 0.382.